The van der Waals surface area contributed by atoms with E-state index in [0.717, 1.165) is 19.3 Å². The van der Waals surface area contributed by atoms with Crippen LogP contribution in [0.3, 0.4) is 0 Å². The highest BCUT2D eigenvalue weighted by Gasteiger charge is 2.22. The topological polar surface area (TPSA) is 101 Å². The summed E-state index contributed by atoms with van der Waals surface area (Å²) >= 11 is 0. The molecule has 1 saturated heterocycles. The van der Waals surface area contributed by atoms with E-state index in [4.69, 9.17) is 5.84 Å². The van der Waals surface area contributed by atoms with E-state index in [2.05, 4.69) is 5.43 Å². The van der Waals surface area contributed by atoms with Gasteiger partial charge >= 0.3 is 0 Å². The summed E-state index contributed by atoms with van der Waals surface area (Å²) in [4.78, 5) is 24.3. The third-order valence-corrected chi connectivity index (χ3v) is 3.24. The number of nitrogens with one attached hydrogen (secondary N) is 1. The van der Waals surface area contributed by atoms with Gasteiger partial charge in [0.15, 0.2) is 0 Å². The average Bonchev–Trinajstić information content (AvgIpc) is 2.46. The number of rotatable bonds is 3. The van der Waals surface area contributed by atoms with E-state index in [-0.39, 0.29) is 17.2 Å². The Morgan fingerprint density at radius 2 is 2.00 bits per heavy atom. The fraction of sp³-hybridized carbons (Fsp3) is 0.417. The summed E-state index contributed by atoms with van der Waals surface area (Å²) in [6.07, 6.45) is 3.04. The third-order valence-electron chi connectivity index (χ3n) is 3.24. The van der Waals surface area contributed by atoms with Crippen LogP contribution in [-0.2, 0) is 0 Å². The number of carbonyl (C=O) groups is 1. The number of likely N-dealkylation sites (tertiary alicyclic amines) is 1. The summed E-state index contributed by atoms with van der Waals surface area (Å²) < 4.78 is 0. The van der Waals surface area contributed by atoms with Crippen LogP contribution in [-0.4, -0.2) is 28.8 Å². The third kappa shape index (κ3) is 2.82. The molecule has 3 N–H and O–H groups in total. The van der Waals surface area contributed by atoms with E-state index in [0.29, 0.717) is 18.8 Å². The molecule has 0 saturated carbocycles. The zero-order valence-corrected chi connectivity index (χ0v) is 10.5. The van der Waals surface area contributed by atoms with Gasteiger partial charge in [-0.1, -0.05) is 0 Å². The van der Waals surface area contributed by atoms with Crippen molar-refractivity contribution >= 4 is 17.3 Å². The Hall–Kier alpha value is -2.15. The van der Waals surface area contributed by atoms with Crippen molar-refractivity contribution in [1.82, 2.24) is 4.90 Å². The molecule has 102 valence electrons. The van der Waals surface area contributed by atoms with Crippen LogP contribution >= 0.6 is 0 Å². The van der Waals surface area contributed by atoms with Crippen LogP contribution in [0.1, 0.15) is 29.6 Å². The second-order valence-corrected chi connectivity index (χ2v) is 4.48. The first-order valence-corrected chi connectivity index (χ1v) is 6.18. The Labute approximate surface area is 110 Å². The molecule has 0 spiro atoms. The highest BCUT2D eigenvalue weighted by Crippen LogP contribution is 2.24. The van der Waals surface area contributed by atoms with Gasteiger partial charge in [0.05, 0.1) is 16.2 Å². The van der Waals surface area contributed by atoms with Gasteiger partial charge in [-0.2, -0.15) is 0 Å². The zero-order chi connectivity index (χ0) is 13.8. The lowest BCUT2D eigenvalue weighted by molar-refractivity contribution is -0.384. The second kappa shape index (κ2) is 5.66. The molecule has 19 heavy (non-hydrogen) atoms. The molecule has 0 atom stereocenters. The van der Waals surface area contributed by atoms with E-state index < -0.39 is 4.92 Å². The molecule has 1 aliphatic heterocycles. The first-order chi connectivity index (χ1) is 9.13. The minimum absolute atomic E-state index is 0.112. The molecule has 0 unspecified atom stereocenters. The average molecular weight is 264 g/mol. The molecule has 7 heteroatoms. The first-order valence-electron chi connectivity index (χ1n) is 6.18. The predicted molar refractivity (Wildman–Crippen MR) is 70.7 cm³/mol. The molecule has 0 aromatic heterocycles. The molecule has 0 radical (unpaired) electrons. The number of piperidine rings is 1. The monoisotopic (exact) mass is 264 g/mol. The van der Waals surface area contributed by atoms with E-state index in [1.165, 1.54) is 18.2 Å². The summed E-state index contributed by atoms with van der Waals surface area (Å²) in [5.41, 5.74) is 2.95. The molecule has 1 aliphatic rings. The summed E-state index contributed by atoms with van der Waals surface area (Å²) in [5.74, 6) is 5.14. The van der Waals surface area contributed by atoms with E-state index in [1.54, 1.807) is 4.90 Å². The number of amides is 1. The number of non-ortho nitro benzene ring substituents is 1. The number of nitrogens with zero attached hydrogens (tertiary/aromatic N) is 2. The number of nitrogen functional groups attached to an aromatic ring is 1. The van der Waals surface area contributed by atoms with Crippen LogP contribution in [0.5, 0.6) is 0 Å². The summed E-state index contributed by atoms with van der Waals surface area (Å²) in [6.45, 7) is 1.37. The molecule has 2 rings (SSSR count). The number of anilines is 1. The lowest BCUT2D eigenvalue weighted by Gasteiger charge is -2.27. The maximum absolute atomic E-state index is 12.4. The Morgan fingerprint density at radius 3 is 2.58 bits per heavy atom. The zero-order valence-electron chi connectivity index (χ0n) is 10.5. The molecule has 7 nitrogen and oxygen atoms in total. The minimum Gasteiger partial charge on any atom is -0.339 e. The number of hydrogen-bond acceptors (Lipinski definition) is 5. The summed E-state index contributed by atoms with van der Waals surface area (Å²) in [5, 5.41) is 10.8. The van der Waals surface area contributed by atoms with Gasteiger partial charge in [-0.15, -0.1) is 0 Å². The van der Waals surface area contributed by atoms with E-state index in [9.17, 15) is 14.9 Å². The van der Waals surface area contributed by atoms with Gasteiger partial charge in [0.25, 0.3) is 11.6 Å². The van der Waals surface area contributed by atoms with Crippen LogP contribution in [0.25, 0.3) is 0 Å². The van der Waals surface area contributed by atoms with Crippen LogP contribution in [0.4, 0.5) is 11.4 Å². The molecular weight excluding hydrogens is 248 g/mol. The molecule has 1 heterocycles. The molecular formula is C12H16N4O3. The number of hydrazine groups is 1. The van der Waals surface area contributed by atoms with Crippen molar-refractivity contribution in [2.75, 3.05) is 18.5 Å². The van der Waals surface area contributed by atoms with Gasteiger partial charge in [-0.3, -0.25) is 20.8 Å². The molecule has 1 aromatic rings. The number of hydrogen-bond donors (Lipinski definition) is 2. The molecule has 0 bridgehead atoms. The molecule has 1 amide bonds. The quantitative estimate of drug-likeness (QED) is 0.489. The smallest absolute Gasteiger partial charge is 0.270 e. The maximum atomic E-state index is 12.4. The number of nitrogens with two attached hydrogens (primary N) is 1. The van der Waals surface area contributed by atoms with Crippen LogP contribution in [0.15, 0.2) is 18.2 Å². The van der Waals surface area contributed by atoms with Crippen LogP contribution < -0.4 is 11.3 Å². The minimum atomic E-state index is -0.521. The van der Waals surface area contributed by atoms with Crippen molar-refractivity contribution in [2.24, 2.45) is 5.84 Å². The Morgan fingerprint density at radius 1 is 1.32 bits per heavy atom. The van der Waals surface area contributed by atoms with Gasteiger partial charge in [-0.25, -0.2) is 0 Å². The van der Waals surface area contributed by atoms with Crippen molar-refractivity contribution in [1.29, 1.82) is 0 Å². The van der Waals surface area contributed by atoms with Gasteiger partial charge < -0.3 is 10.3 Å². The van der Waals surface area contributed by atoms with Gasteiger partial charge in [0, 0.05) is 25.2 Å². The van der Waals surface area contributed by atoms with Crippen LogP contribution in [0, 0.1) is 10.1 Å². The second-order valence-electron chi connectivity index (χ2n) is 4.48. The Kier molecular flexibility index (Phi) is 3.96. The SMILES string of the molecule is NNc1ccc([N+](=O)[O-])cc1C(=O)N1CCCCC1. The van der Waals surface area contributed by atoms with Crippen molar-refractivity contribution in [3.63, 3.8) is 0 Å². The van der Waals surface area contributed by atoms with Crippen molar-refractivity contribution in [2.45, 2.75) is 19.3 Å². The molecule has 1 aromatic carbocycles. The Bertz CT molecular complexity index is 498. The normalized spacial score (nSPS) is 15.1. The maximum Gasteiger partial charge on any atom is 0.270 e. The fourth-order valence-electron chi connectivity index (χ4n) is 2.22. The number of nitro groups is 1. The van der Waals surface area contributed by atoms with Crippen molar-refractivity contribution < 1.29 is 9.72 Å². The lowest BCUT2D eigenvalue weighted by atomic mass is 10.1. The largest absolute Gasteiger partial charge is 0.339 e. The highest BCUT2D eigenvalue weighted by atomic mass is 16.6. The highest BCUT2D eigenvalue weighted by molar-refractivity contribution is 6.00. The lowest BCUT2D eigenvalue weighted by Crippen LogP contribution is -2.36. The number of nitro benzene ring substituents is 1. The van der Waals surface area contributed by atoms with Crippen molar-refractivity contribution in [3.8, 4) is 0 Å². The first kappa shape index (κ1) is 13.3. The predicted octanol–water partition coefficient (Wildman–Crippen LogP) is 1.51. The standard InChI is InChI=1S/C12H16N4O3/c13-14-11-5-4-9(16(18)19)8-10(11)12(17)15-6-2-1-3-7-15/h4-5,8,14H,1-3,6-7,13H2. The van der Waals surface area contributed by atoms with Crippen LogP contribution in [0.2, 0.25) is 0 Å². The van der Waals surface area contributed by atoms with Gasteiger partial charge in [0.2, 0.25) is 0 Å². The Balaban J connectivity index is 2.32. The summed E-state index contributed by atoms with van der Waals surface area (Å²) in [7, 11) is 0. The van der Waals surface area contributed by atoms with Gasteiger partial charge in [0.1, 0.15) is 0 Å². The number of carbonyl (C=O) groups excluding carboxylic acids is 1. The summed E-state index contributed by atoms with van der Waals surface area (Å²) in [6, 6.07) is 4.05. The fourth-order valence-corrected chi connectivity index (χ4v) is 2.22. The van der Waals surface area contributed by atoms with Gasteiger partial charge in [-0.05, 0) is 25.3 Å². The van der Waals surface area contributed by atoms with E-state index in [1.807, 2.05) is 0 Å². The van der Waals surface area contributed by atoms with Crippen molar-refractivity contribution in [3.05, 3.63) is 33.9 Å². The molecule has 1 fully saturated rings. The number of benzene rings is 1. The van der Waals surface area contributed by atoms with E-state index >= 15 is 0 Å². The molecule has 0 aliphatic carbocycles.